The third-order valence-corrected chi connectivity index (χ3v) is 9.08. The van der Waals surface area contributed by atoms with Gasteiger partial charge in [0.1, 0.15) is 5.78 Å². The Morgan fingerprint density at radius 2 is 1.79 bits per heavy atom. The van der Waals surface area contributed by atoms with E-state index >= 15 is 0 Å². The summed E-state index contributed by atoms with van der Waals surface area (Å²) in [6, 6.07) is 5.72. The molecule has 4 aliphatic rings. The molecular weight excluding hydrogens is 414 g/mol. The number of rotatable bonds is 5. The van der Waals surface area contributed by atoms with Crippen molar-refractivity contribution in [2.75, 3.05) is 46.8 Å². The number of amides is 2. The molecule has 1 N–H and O–H groups in total. The van der Waals surface area contributed by atoms with Crippen LogP contribution in [0, 0.1) is 17.8 Å². The zero-order valence-corrected chi connectivity index (χ0v) is 20.1. The van der Waals surface area contributed by atoms with Crippen molar-refractivity contribution in [2.45, 2.75) is 50.9 Å². The molecule has 6 nitrogen and oxygen atoms in total. The van der Waals surface area contributed by atoms with Crippen molar-refractivity contribution < 1.29 is 18.9 Å². The molecule has 33 heavy (non-hydrogen) atoms. The van der Waals surface area contributed by atoms with E-state index in [2.05, 4.69) is 17.3 Å². The molecule has 3 fully saturated rings. The number of likely N-dealkylation sites (N-methyl/N-ethyl adjacent to an activating group) is 1. The maximum atomic E-state index is 13.0. The normalized spacial score (nSPS) is 33.2. The molecule has 2 heterocycles. The molecule has 3 atom stereocenters. The molecule has 2 aliphatic carbocycles. The van der Waals surface area contributed by atoms with Gasteiger partial charge in [-0.15, -0.1) is 0 Å². The second-order valence-electron chi connectivity index (χ2n) is 11.3. The van der Waals surface area contributed by atoms with Gasteiger partial charge in [-0.05, 0) is 73.1 Å². The highest BCUT2D eigenvalue weighted by molar-refractivity contribution is 5.97. The van der Waals surface area contributed by atoms with Gasteiger partial charge < -0.3 is 14.7 Å². The van der Waals surface area contributed by atoms with Crippen molar-refractivity contribution in [1.82, 2.24) is 10.2 Å². The van der Waals surface area contributed by atoms with Gasteiger partial charge >= 0.3 is 0 Å². The van der Waals surface area contributed by atoms with Crippen LogP contribution < -0.4 is 5.32 Å². The van der Waals surface area contributed by atoms with Crippen molar-refractivity contribution in [2.24, 2.45) is 17.8 Å². The monoisotopic (exact) mass is 452 g/mol. The first kappa shape index (κ1) is 22.6. The topological polar surface area (TPSA) is 66.5 Å². The summed E-state index contributed by atoms with van der Waals surface area (Å²) in [4.78, 5) is 39.9. The highest BCUT2D eigenvalue weighted by atomic mass is 16.2. The number of likely N-dealkylation sites (tertiary alicyclic amines) is 2. The first-order valence-corrected chi connectivity index (χ1v) is 12.8. The molecule has 0 spiro atoms. The van der Waals surface area contributed by atoms with Crippen LogP contribution in [0.15, 0.2) is 18.2 Å². The minimum atomic E-state index is -0.107. The summed E-state index contributed by atoms with van der Waals surface area (Å²) in [7, 11) is 3.87. The predicted octanol–water partition coefficient (Wildman–Crippen LogP) is 2.76. The minimum absolute atomic E-state index is 0.0359. The Hall–Kier alpha value is -2.21. The van der Waals surface area contributed by atoms with E-state index in [1.54, 1.807) is 7.05 Å². The van der Waals surface area contributed by atoms with Crippen LogP contribution >= 0.6 is 0 Å². The average Bonchev–Trinajstić information content (AvgIpc) is 3.48. The number of hydrogen-bond donors (Lipinski definition) is 1. The largest absolute Gasteiger partial charge is 0.355 e. The van der Waals surface area contributed by atoms with E-state index in [0.717, 1.165) is 72.9 Å². The van der Waals surface area contributed by atoms with Gasteiger partial charge in [-0.25, -0.2) is 0 Å². The van der Waals surface area contributed by atoms with Crippen LogP contribution in [0.2, 0.25) is 0 Å². The molecule has 6 heteroatoms. The van der Waals surface area contributed by atoms with Gasteiger partial charge in [-0.1, -0.05) is 12.5 Å². The first-order chi connectivity index (χ1) is 15.8. The van der Waals surface area contributed by atoms with Crippen molar-refractivity contribution in [1.29, 1.82) is 0 Å². The molecular formula is C27H38N3O3+. The van der Waals surface area contributed by atoms with E-state index in [-0.39, 0.29) is 17.6 Å². The summed E-state index contributed by atoms with van der Waals surface area (Å²) >= 11 is 0. The molecule has 178 valence electrons. The number of piperidine rings is 1. The number of Topliss-reactive ketones (excluding diaryl/α,β-unsaturated/α-hetero) is 1. The SMILES string of the molecule is CNC(=O)c1ccc2c(c1)CC(=O)C2CC1CC[N+](C)(CC(=O)N2C[C@H]3CCC[C@H]3C2)CC1. The molecule has 0 bridgehead atoms. The standard InChI is InChI=1S/C27H37N3O3/c1-28-27(33)19-6-7-23-22(13-19)14-25(31)24(23)12-18-8-10-30(2,11-9-18)17-26(32)29-15-20-4-3-5-21(20)16-29/h6-7,13,18,20-21,24H,3-5,8-12,14-17H2,1-2H3/p+1/t18?,20-,21+,24?,30?. The van der Waals surface area contributed by atoms with Crippen LogP contribution in [-0.2, 0) is 16.0 Å². The number of ketones is 1. The second-order valence-corrected chi connectivity index (χ2v) is 11.3. The maximum Gasteiger partial charge on any atom is 0.277 e. The highest BCUT2D eigenvalue weighted by Crippen LogP contribution is 2.40. The minimum Gasteiger partial charge on any atom is -0.355 e. The zero-order valence-electron chi connectivity index (χ0n) is 20.1. The van der Waals surface area contributed by atoms with Crippen LogP contribution in [0.25, 0.3) is 0 Å². The van der Waals surface area contributed by atoms with E-state index in [1.807, 2.05) is 18.2 Å². The Morgan fingerprint density at radius 1 is 1.09 bits per heavy atom. The number of benzene rings is 1. The fraction of sp³-hybridized carbons (Fsp3) is 0.667. The Labute approximate surface area is 197 Å². The molecule has 2 amide bonds. The summed E-state index contributed by atoms with van der Waals surface area (Å²) in [5.74, 6) is 2.52. The Bertz CT molecular complexity index is 938. The van der Waals surface area contributed by atoms with Crippen LogP contribution in [-0.4, -0.2) is 73.8 Å². The number of hydrogen-bond acceptors (Lipinski definition) is 3. The smallest absolute Gasteiger partial charge is 0.277 e. The van der Waals surface area contributed by atoms with Gasteiger partial charge in [0.15, 0.2) is 6.54 Å². The fourth-order valence-electron chi connectivity index (χ4n) is 6.96. The first-order valence-electron chi connectivity index (χ1n) is 12.8. The predicted molar refractivity (Wildman–Crippen MR) is 127 cm³/mol. The molecule has 2 aliphatic heterocycles. The third kappa shape index (κ3) is 4.46. The van der Waals surface area contributed by atoms with Crippen LogP contribution in [0.5, 0.6) is 0 Å². The fourth-order valence-corrected chi connectivity index (χ4v) is 6.96. The number of fused-ring (bicyclic) bond motifs is 2. The third-order valence-electron chi connectivity index (χ3n) is 9.08. The molecule has 0 aromatic heterocycles. The van der Waals surface area contributed by atoms with E-state index in [9.17, 15) is 14.4 Å². The number of nitrogens with zero attached hydrogens (tertiary/aromatic N) is 2. The molecule has 1 aromatic carbocycles. The number of quaternary nitrogens is 1. The summed E-state index contributed by atoms with van der Waals surface area (Å²) in [6.07, 6.45) is 7.44. The maximum absolute atomic E-state index is 13.0. The molecule has 1 aromatic rings. The summed E-state index contributed by atoms with van der Waals surface area (Å²) in [5, 5.41) is 2.66. The summed E-state index contributed by atoms with van der Waals surface area (Å²) < 4.78 is 0.839. The van der Waals surface area contributed by atoms with Crippen molar-refractivity contribution in [3.05, 3.63) is 34.9 Å². The molecule has 0 radical (unpaired) electrons. The van der Waals surface area contributed by atoms with Gasteiger partial charge in [0.25, 0.3) is 11.8 Å². The van der Waals surface area contributed by atoms with E-state index in [0.29, 0.717) is 30.4 Å². The Kier molecular flexibility index (Phi) is 6.06. The molecule has 5 rings (SSSR count). The van der Waals surface area contributed by atoms with Gasteiger partial charge in [0.2, 0.25) is 0 Å². The van der Waals surface area contributed by atoms with Gasteiger partial charge in [0.05, 0.1) is 20.1 Å². The highest BCUT2D eigenvalue weighted by Gasteiger charge is 2.41. The van der Waals surface area contributed by atoms with Crippen molar-refractivity contribution in [3.63, 3.8) is 0 Å². The Morgan fingerprint density at radius 3 is 2.45 bits per heavy atom. The Balaban J connectivity index is 1.15. The number of carbonyl (C=O) groups is 3. The molecule has 2 saturated heterocycles. The summed E-state index contributed by atoms with van der Waals surface area (Å²) in [5.41, 5.74) is 2.76. The van der Waals surface area contributed by atoms with E-state index < -0.39 is 0 Å². The quantitative estimate of drug-likeness (QED) is 0.699. The molecule has 1 saturated carbocycles. The van der Waals surface area contributed by atoms with Crippen LogP contribution in [0.1, 0.15) is 65.9 Å². The lowest BCUT2D eigenvalue weighted by molar-refractivity contribution is -0.908. The molecule has 1 unspecified atom stereocenters. The zero-order chi connectivity index (χ0) is 23.2. The van der Waals surface area contributed by atoms with Crippen LogP contribution in [0.3, 0.4) is 0 Å². The average molecular weight is 453 g/mol. The van der Waals surface area contributed by atoms with Crippen LogP contribution in [0.4, 0.5) is 0 Å². The van der Waals surface area contributed by atoms with Gasteiger partial charge in [-0.3, -0.25) is 14.4 Å². The van der Waals surface area contributed by atoms with E-state index in [1.165, 1.54) is 19.3 Å². The van der Waals surface area contributed by atoms with E-state index in [4.69, 9.17) is 0 Å². The second kappa shape index (κ2) is 8.86. The van der Waals surface area contributed by atoms with Crippen molar-refractivity contribution in [3.8, 4) is 0 Å². The van der Waals surface area contributed by atoms with Gasteiger partial charge in [0, 0.05) is 38.0 Å². The lowest BCUT2D eigenvalue weighted by Gasteiger charge is -2.41. The lowest BCUT2D eigenvalue weighted by atomic mass is 9.83. The summed E-state index contributed by atoms with van der Waals surface area (Å²) in [6.45, 7) is 4.62. The number of carbonyl (C=O) groups excluding carboxylic acids is 3. The van der Waals surface area contributed by atoms with Gasteiger partial charge in [-0.2, -0.15) is 0 Å². The lowest BCUT2D eigenvalue weighted by Crippen LogP contribution is -2.55. The van der Waals surface area contributed by atoms with Crippen molar-refractivity contribution >= 4 is 17.6 Å². The number of nitrogens with one attached hydrogen (secondary N) is 1.